The van der Waals surface area contributed by atoms with Crippen molar-refractivity contribution >= 4 is 15.9 Å². The van der Waals surface area contributed by atoms with Crippen LogP contribution in [0.1, 0.15) is 67.3 Å². The molecule has 0 aromatic heterocycles. The highest BCUT2D eigenvalue weighted by Gasteiger charge is 2.37. The van der Waals surface area contributed by atoms with Gasteiger partial charge in [0.05, 0.1) is 11.4 Å². The van der Waals surface area contributed by atoms with E-state index in [2.05, 4.69) is 0 Å². The van der Waals surface area contributed by atoms with E-state index in [0.29, 0.717) is 43.8 Å². The van der Waals surface area contributed by atoms with Crippen LogP contribution in [-0.4, -0.2) is 66.2 Å². The number of carbonyl (C=O) groups excluding carboxylic acids is 1. The van der Waals surface area contributed by atoms with E-state index in [1.54, 1.807) is 21.3 Å². The van der Waals surface area contributed by atoms with Gasteiger partial charge in [-0.25, -0.2) is 8.42 Å². The number of aliphatic hydroxyl groups excluding tert-OH is 1. The van der Waals surface area contributed by atoms with Crippen LogP contribution in [0.25, 0.3) is 0 Å². The molecule has 2 aliphatic carbocycles. The molecule has 2 aliphatic rings. The maximum atomic E-state index is 13.5. The average molecular weight is 513 g/mol. The Bertz CT molecular complexity index is 1050. The minimum atomic E-state index is -3.48. The zero-order chi connectivity index (χ0) is 25.4. The van der Waals surface area contributed by atoms with Crippen LogP contribution in [0.3, 0.4) is 0 Å². The van der Waals surface area contributed by atoms with Crippen molar-refractivity contribution in [3.8, 4) is 0 Å². The molecule has 2 aromatic carbocycles. The topological polar surface area (TPSA) is 77.9 Å². The molecular weight excluding hydrogens is 472 g/mol. The largest absolute Gasteiger partial charge is 0.390 e. The van der Waals surface area contributed by atoms with E-state index >= 15 is 0 Å². The number of carbonyl (C=O) groups is 1. The second kappa shape index (κ2) is 12.8. The third kappa shape index (κ3) is 7.17. The van der Waals surface area contributed by atoms with Crippen LogP contribution in [0.2, 0.25) is 0 Å². The molecule has 7 heteroatoms. The lowest BCUT2D eigenvalue weighted by atomic mass is 10.1. The molecule has 0 bridgehead atoms. The van der Waals surface area contributed by atoms with Crippen LogP contribution in [0, 0.1) is 5.92 Å². The number of sulfonamides is 1. The first-order valence-corrected chi connectivity index (χ1v) is 15.0. The van der Waals surface area contributed by atoms with Crippen molar-refractivity contribution in [3.63, 3.8) is 0 Å². The van der Waals surface area contributed by atoms with Crippen molar-refractivity contribution in [1.29, 1.82) is 0 Å². The Balaban J connectivity index is 1.48. The van der Waals surface area contributed by atoms with E-state index in [1.807, 2.05) is 48.5 Å². The fourth-order valence-corrected chi connectivity index (χ4v) is 7.80. The van der Waals surface area contributed by atoms with Gasteiger partial charge in [0.1, 0.15) is 0 Å². The van der Waals surface area contributed by atoms with E-state index in [-0.39, 0.29) is 24.2 Å². The first-order valence-electron chi connectivity index (χ1n) is 13.5. The number of aliphatic hydroxyl groups is 1. The summed E-state index contributed by atoms with van der Waals surface area (Å²) in [5, 5.41) is 10.8. The SMILES string of the molecule is O=C(c1ccccc1)N(CCc1ccccc1)C[C@H](O)CN(CC1CCCC1)S(=O)(=O)C1CCCC1. The maximum Gasteiger partial charge on any atom is 0.253 e. The smallest absolute Gasteiger partial charge is 0.253 e. The van der Waals surface area contributed by atoms with Crippen molar-refractivity contribution in [2.75, 3.05) is 26.2 Å². The van der Waals surface area contributed by atoms with E-state index in [1.165, 1.54) is 0 Å². The Morgan fingerprint density at radius 2 is 1.44 bits per heavy atom. The summed E-state index contributed by atoms with van der Waals surface area (Å²) in [6.07, 6.45) is 7.39. The lowest BCUT2D eigenvalue weighted by Crippen LogP contribution is -2.48. The van der Waals surface area contributed by atoms with Crippen molar-refractivity contribution in [1.82, 2.24) is 9.21 Å². The van der Waals surface area contributed by atoms with Crippen molar-refractivity contribution in [2.45, 2.75) is 69.1 Å². The predicted molar refractivity (Wildman–Crippen MR) is 143 cm³/mol. The Labute approximate surface area is 216 Å². The number of benzene rings is 2. The van der Waals surface area contributed by atoms with Gasteiger partial charge in [-0.15, -0.1) is 0 Å². The van der Waals surface area contributed by atoms with Crippen molar-refractivity contribution in [3.05, 3.63) is 71.8 Å². The molecule has 1 N–H and O–H groups in total. The molecule has 1 atom stereocenters. The Hall–Kier alpha value is -2.22. The highest BCUT2D eigenvalue weighted by molar-refractivity contribution is 7.89. The molecule has 0 saturated heterocycles. The first kappa shape index (κ1) is 26.8. The van der Waals surface area contributed by atoms with Gasteiger partial charge in [-0.05, 0) is 55.7 Å². The van der Waals surface area contributed by atoms with Gasteiger partial charge in [-0.3, -0.25) is 4.79 Å². The van der Waals surface area contributed by atoms with Crippen LogP contribution in [0.15, 0.2) is 60.7 Å². The van der Waals surface area contributed by atoms with Crippen LogP contribution in [0.5, 0.6) is 0 Å². The monoisotopic (exact) mass is 512 g/mol. The van der Waals surface area contributed by atoms with Crippen LogP contribution in [-0.2, 0) is 16.4 Å². The van der Waals surface area contributed by atoms with E-state index in [4.69, 9.17) is 0 Å². The molecule has 0 unspecified atom stereocenters. The molecule has 1 amide bonds. The zero-order valence-electron chi connectivity index (χ0n) is 21.2. The lowest BCUT2D eigenvalue weighted by Gasteiger charge is -2.32. The summed E-state index contributed by atoms with van der Waals surface area (Å²) in [7, 11) is -3.48. The molecule has 4 rings (SSSR count). The Morgan fingerprint density at radius 1 is 0.861 bits per heavy atom. The van der Waals surface area contributed by atoms with Crippen molar-refractivity contribution < 1.29 is 18.3 Å². The average Bonchev–Trinajstić information content (AvgIpc) is 3.62. The highest BCUT2D eigenvalue weighted by Crippen LogP contribution is 2.31. The number of nitrogens with zero attached hydrogens (tertiary/aromatic N) is 2. The van der Waals surface area contributed by atoms with Gasteiger partial charge in [0.2, 0.25) is 10.0 Å². The summed E-state index contributed by atoms with van der Waals surface area (Å²) in [5.74, 6) is 0.208. The Kier molecular flexibility index (Phi) is 9.57. The van der Waals surface area contributed by atoms with Crippen LogP contribution in [0.4, 0.5) is 0 Å². The van der Waals surface area contributed by atoms with Gasteiger partial charge in [0, 0.05) is 31.7 Å². The second-order valence-electron chi connectivity index (χ2n) is 10.4. The van der Waals surface area contributed by atoms with Gasteiger partial charge in [0.25, 0.3) is 5.91 Å². The molecular formula is C29H40N2O4S. The number of amides is 1. The quantitative estimate of drug-likeness (QED) is 0.454. The minimum absolute atomic E-state index is 0.0409. The Morgan fingerprint density at radius 3 is 2.08 bits per heavy atom. The first-order chi connectivity index (χ1) is 17.4. The fourth-order valence-electron chi connectivity index (χ4n) is 5.66. The van der Waals surface area contributed by atoms with Crippen LogP contribution >= 0.6 is 0 Å². The summed E-state index contributed by atoms with van der Waals surface area (Å²) in [4.78, 5) is 15.0. The molecule has 36 heavy (non-hydrogen) atoms. The van der Waals surface area contributed by atoms with Gasteiger partial charge >= 0.3 is 0 Å². The predicted octanol–water partition coefficient (Wildman–Crippen LogP) is 4.50. The standard InChI is InChI=1S/C29H40N2O4S/c32-27(23-31(21-25-13-7-8-14-25)36(34,35)28-17-9-10-18-28)22-30(20-19-24-11-3-1-4-12-24)29(33)26-15-5-2-6-16-26/h1-6,11-12,15-16,25,27-28,32H,7-10,13-14,17-23H2/t27-/m0/s1. The third-order valence-electron chi connectivity index (χ3n) is 7.69. The van der Waals surface area contributed by atoms with E-state index in [9.17, 15) is 18.3 Å². The van der Waals surface area contributed by atoms with E-state index < -0.39 is 16.1 Å². The molecule has 0 aliphatic heterocycles. The zero-order valence-corrected chi connectivity index (χ0v) is 22.0. The molecule has 0 heterocycles. The second-order valence-corrected chi connectivity index (χ2v) is 12.6. The van der Waals surface area contributed by atoms with E-state index in [0.717, 1.165) is 44.1 Å². The molecule has 6 nitrogen and oxygen atoms in total. The number of hydrogen-bond acceptors (Lipinski definition) is 4. The third-order valence-corrected chi connectivity index (χ3v) is 10.0. The summed E-state index contributed by atoms with van der Waals surface area (Å²) in [6.45, 7) is 1.07. The maximum absolute atomic E-state index is 13.5. The highest BCUT2D eigenvalue weighted by atomic mass is 32.2. The molecule has 196 valence electrons. The van der Waals surface area contributed by atoms with Gasteiger partial charge in [-0.2, -0.15) is 4.31 Å². The number of hydrogen-bond donors (Lipinski definition) is 1. The van der Waals surface area contributed by atoms with Crippen molar-refractivity contribution in [2.24, 2.45) is 5.92 Å². The summed E-state index contributed by atoms with van der Waals surface area (Å²) in [6, 6.07) is 19.1. The summed E-state index contributed by atoms with van der Waals surface area (Å²) >= 11 is 0. The minimum Gasteiger partial charge on any atom is -0.390 e. The van der Waals surface area contributed by atoms with Gasteiger partial charge in [0.15, 0.2) is 0 Å². The molecule has 2 fully saturated rings. The molecule has 2 aromatic rings. The van der Waals surface area contributed by atoms with Gasteiger partial charge < -0.3 is 10.0 Å². The lowest BCUT2D eigenvalue weighted by molar-refractivity contribution is 0.0584. The van der Waals surface area contributed by atoms with Crippen LogP contribution < -0.4 is 0 Å². The summed E-state index contributed by atoms with van der Waals surface area (Å²) in [5.41, 5.74) is 1.68. The normalized spacial score (nSPS) is 18.1. The molecule has 2 saturated carbocycles. The fraction of sp³-hybridized carbons (Fsp3) is 0.552. The molecule has 0 radical (unpaired) electrons. The molecule has 0 spiro atoms. The van der Waals surface area contributed by atoms with Gasteiger partial charge in [-0.1, -0.05) is 74.2 Å². The summed E-state index contributed by atoms with van der Waals surface area (Å²) < 4.78 is 28.6. The number of rotatable bonds is 12.